The van der Waals surface area contributed by atoms with Crippen LogP contribution >= 0.6 is 0 Å². The summed E-state index contributed by atoms with van der Waals surface area (Å²) in [4.78, 5) is 19.8. The van der Waals surface area contributed by atoms with E-state index in [0.717, 1.165) is 36.4 Å². The van der Waals surface area contributed by atoms with Crippen LogP contribution in [-0.2, 0) is 14.9 Å². The number of carbonyl (C=O) groups excluding carboxylic acids is 1. The summed E-state index contributed by atoms with van der Waals surface area (Å²) < 4.78 is 5.84. The first-order valence-electron chi connectivity index (χ1n) is 11.5. The van der Waals surface area contributed by atoms with E-state index in [4.69, 9.17) is 4.74 Å². The summed E-state index contributed by atoms with van der Waals surface area (Å²) >= 11 is 0. The molecule has 1 amide bonds. The third-order valence-corrected chi connectivity index (χ3v) is 6.53. The third-order valence-electron chi connectivity index (χ3n) is 6.53. The summed E-state index contributed by atoms with van der Waals surface area (Å²) in [6.07, 6.45) is 3.06. The minimum Gasteiger partial charge on any atom is -0.486 e. The SMILES string of the molecule is CN(C)C1CCN(c2ccccc2C=C2OCCN(c3ccc(C(C)(C)C)cc3)C2=O)C1. The molecule has 0 radical (unpaired) electrons. The Morgan fingerprint density at radius 1 is 1.03 bits per heavy atom. The van der Waals surface area contributed by atoms with Gasteiger partial charge in [0.15, 0.2) is 5.76 Å². The molecule has 0 aromatic heterocycles. The van der Waals surface area contributed by atoms with Crippen molar-refractivity contribution in [1.82, 2.24) is 4.90 Å². The Bertz CT molecular complexity index is 989. The molecule has 2 heterocycles. The Morgan fingerprint density at radius 2 is 1.75 bits per heavy atom. The number of para-hydroxylation sites is 1. The lowest BCUT2D eigenvalue weighted by Crippen LogP contribution is -2.40. The predicted molar refractivity (Wildman–Crippen MR) is 132 cm³/mol. The van der Waals surface area contributed by atoms with E-state index in [1.54, 1.807) is 0 Å². The topological polar surface area (TPSA) is 36.0 Å². The molecule has 32 heavy (non-hydrogen) atoms. The largest absolute Gasteiger partial charge is 0.486 e. The minimum atomic E-state index is -0.0813. The van der Waals surface area contributed by atoms with E-state index in [1.165, 1.54) is 5.56 Å². The van der Waals surface area contributed by atoms with Crippen molar-refractivity contribution in [2.75, 3.05) is 50.1 Å². The summed E-state index contributed by atoms with van der Waals surface area (Å²) in [6, 6.07) is 17.2. The molecule has 5 heteroatoms. The summed E-state index contributed by atoms with van der Waals surface area (Å²) in [6.45, 7) is 9.65. The maximum Gasteiger partial charge on any atom is 0.293 e. The highest BCUT2D eigenvalue weighted by Gasteiger charge is 2.28. The number of hydrogen-bond acceptors (Lipinski definition) is 4. The molecular weight excluding hydrogens is 398 g/mol. The van der Waals surface area contributed by atoms with Crippen LogP contribution < -0.4 is 9.80 Å². The number of likely N-dealkylation sites (N-methyl/N-ethyl adjacent to an activating group) is 1. The lowest BCUT2D eigenvalue weighted by molar-refractivity contribution is -0.120. The second-order valence-corrected chi connectivity index (χ2v) is 10.0. The van der Waals surface area contributed by atoms with Gasteiger partial charge in [-0.1, -0.05) is 51.1 Å². The van der Waals surface area contributed by atoms with E-state index in [9.17, 15) is 4.79 Å². The number of amides is 1. The van der Waals surface area contributed by atoms with Crippen LogP contribution in [0.1, 0.15) is 38.3 Å². The van der Waals surface area contributed by atoms with Crippen LogP contribution in [0.2, 0.25) is 0 Å². The molecule has 2 aromatic rings. The van der Waals surface area contributed by atoms with Crippen molar-refractivity contribution in [3.63, 3.8) is 0 Å². The molecule has 1 atom stereocenters. The summed E-state index contributed by atoms with van der Waals surface area (Å²) in [5.74, 6) is 0.328. The molecule has 0 saturated carbocycles. The quantitative estimate of drug-likeness (QED) is 0.664. The zero-order valence-corrected chi connectivity index (χ0v) is 20.0. The van der Waals surface area contributed by atoms with Gasteiger partial charge in [-0.05, 0) is 55.8 Å². The fourth-order valence-electron chi connectivity index (χ4n) is 4.46. The van der Waals surface area contributed by atoms with Crippen LogP contribution in [0.15, 0.2) is 54.3 Å². The average Bonchev–Trinajstić information content (AvgIpc) is 3.26. The van der Waals surface area contributed by atoms with Gasteiger partial charge in [0.1, 0.15) is 6.61 Å². The molecule has 0 spiro atoms. The van der Waals surface area contributed by atoms with Crippen molar-refractivity contribution >= 4 is 23.4 Å². The van der Waals surface area contributed by atoms with Gasteiger partial charge in [-0.25, -0.2) is 0 Å². The lowest BCUT2D eigenvalue weighted by Gasteiger charge is -2.30. The molecule has 0 aliphatic carbocycles. The number of rotatable bonds is 4. The second-order valence-electron chi connectivity index (χ2n) is 10.0. The van der Waals surface area contributed by atoms with E-state index >= 15 is 0 Å². The van der Waals surface area contributed by atoms with Crippen LogP contribution in [0.3, 0.4) is 0 Å². The predicted octanol–water partition coefficient (Wildman–Crippen LogP) is 4.53. The normalized spacial score (nSPS) is 20.9. The first kappa shape index (κ1) is 22.4. The van der Waals surface area contributed by atoms with Crippen LogP contribution in [0.25, 0.3) is 6.08 Å². The lowest BCUT2D eigenvalue weighted by atomic mass is 9.87. The number of nitrogens with zero attached hydrogens (tertiary/aromatic N) is 3. The zero-order chi connectivity index (χ0) is 22.9. The smallest absolute Gasteiger partial charge is 0.293 e. The Labute approximate surface area is 192 Å². The summed E-state index contributed by atoms with van der Waals surface area (Å²) in [7, 11) is 4.28. The first-order chi connectivity index (χ1) is 15.2. The van der Waals surface area contributed by atoms with Gasteiger partial charge in [-0.15, -0.1) is 0 Å². The van der Waals surface area contributed by atoms with Crippen molar-refractivity contribution < 1.29 is 9.53 Å². The fourth-order valence-corrected chi connectivity index (χ4v) is 4.46. The minimum absolute atomic E-state index is 0.0813. The Hall–Kier alpha value is -2.79. The maximum atomic E-state index is 13.3. The van der Waals surface area contributed by atoms with Gasteiger partial charge in [0, 0.05) is 36.1 Å². The van der Waals surface area contributed by atoms with Crippen molar-refractivity contribution in [3.05, 3.63) is 65.4 Å². The van der Waals surface area contributed by atoms with Gasteiger partial charge < -0.3 is 19.4 Å². The van der Waals surface area contributed by atoms with Gasteiger partial charge in [0.2, 0.25) is 0 Å². The Kier molecular flexibility index (Phi) is 6.29. The Balaban J connectivity index is 1.57. The molecule has 0 bridgehead atoms. The molecule has 2 saturated heterocycles. The Morgan fingerprint density at radius 3 is 2.41 bits per heavy atom. The number of anilines is 2. The maximum absolute atomic E-state index is 13.3. The molecule has 4 rings (SSSR count). The molecular formula is C27H35N3O2. The van der Waals surface area contributed by atoms with Gasteiger partial charge in [-0.2, -0.15) is 0 Å². The standard InChI is InChI=1S/C27H35N3O2/c1-27(2,3)21-10-12-22(13-11-21)30-16-17-32-25(26(30)31)18-20-8-6-7-9-24(20)29-15-14-23(19-29)28(4)5/h6-13,18,23H,14-17,19H2,1-5H3. The van der Waals surface area contributed by atoms with E-state index in [0.29, 0.717) is 25.0 Å². The molecule has 170 valence electrons. The molecule has 2 fully saturated rings. The van der Waals surface area contributed by atoms with E-state index in [-0.39, 0.29) is 11.3 Å². The second kappa shape index (κ2) is 8.99. The highest BCUT2D eigenvalue weighted by molar-refractivity contribution is 6.07. The summed E-state index contributed by atoms with van der Waals surface area (Å²) in [5, 5.41) is 0. The number of benzene rings is 2. The highest BCUT2D eigenvalue weighted by Crippen LogP contribution is 2.30. The van der Waals surface area contributed by atoms with Gasteiger partial charge >= 0.3 is 0 Å². The van der Waals surface area contributed by atoms with Crippen LogP contribution in [-0.4, -0.2) is 57.2 Å². The molecule has 2 aromatic carbocycles. The van der Waals surface area contributed by atoms with Gasteiger partial charge in [-0.3, -0.25) is 4.79 Å². The van der Waals surface area contributed by atoms with Crippen LogP contribution in [0, 0.1) is 0 Å². The third kappa shape index (κ3) is 4.68. The van der Waals surface area contributed by atoms with Crippen LogP contribution in [0.4, 0.5) is 11.4 Å². The van der Waals surface area contributed by atoms with Crippen molar-refractivity contribution in [2.45, 2.75) is 38.6 Å². The zero-order valence-electron chi connectivity index (χ0n) is 20.0. The molecule has 2 aliphatic rings. The number of carbonyl (C=O) groups is 1. The molecule has 5 nitrogen and oxygen atoms in total. The average molecular weight is 434 g/mol. The van der Waals surface area contributed by atoms with E-state index in [1.807, 2.05) is 29.2 Å². The number of ether oxygens (including phenoxy) is 1. The first-order valence-corrected chi connectivity index (χ1v) is 11.5. The molecule has 2 aliphatic heterocycles. The van der Waals surface area contributed by atoms with Crippen LogP contribution in [0.5, 0.6) is 0 Å². The molecule has 0 N–H and O–H groups in total. The van der Waals surface area contributed by atoms with E-state index < -0.39 is 0 Å². The number of hydrogen-bond donors (Lipinski definition) is 0. The van der Waals surface area contributed by atoms with E-state index in [2.05, 4.69) is 75.0 Å². The van der Waals surface area contributed by atoms with Crippen molar-refractivity contribution in [1.29, 1.82) is 0 Å². The summed E-state index contributed by atoms with van der Waals surface area (Å²) in [5.41, 5.74) is 4.45. The van der Waals surface area contributed by atoms with Crippen molar-refractivity contribution in [2.24, 2.45) is 0 Å². The monoisotopic (exact) mass is 433 g/mol. The number of morpholine rings is 1. The highest BCUT2D eigenvalue weighted by atomic mass is 16.5. The van der Waals surface area contributed by atoms with Gasteiger partial charge in [0.25, 0.3) is 5.91 Å². The van der Waals surface area contributed by atoms with Crippen molar-refractivity contribution in [3.8, 4) is 0 Å². The fraction of sp³-hybridized carbons (Fsp3) is 0.444. The molecule has 1 unspecified atom stereocenters. The van der Waals surface area contributed by atoms with Gasteiger partial charge in [0.05, 0.1) is 6.54 Å².